The third kappa shape index (κ3) is 5.99. The van der Waals surface area contributed by atoms with Crippen LogP contribution in [0.2, 0.25) is 0 Å². The second kappa shape index (κ2) is 12.2. The predicted octanol–water partition coefficient (Wildman–Crippen LogP) is 4.79. The molecule has 1 fully saturated rings. The van der Waals surface area contributed by atoms with Crippen LogP contribution in [0.25, 0.3) is 0 Å². The van der Waals surface area contributed by atoms with E-state index in [1.165, 1.54) is 29.2 Å². The lowest BCUT2D eigenvalue weighted by molar-refractivity contribution is 0.0950. The fourth-order valence-corrected chi connectivity index (χ4v) is 5.09. The summed E-state index contributed by atoms with van der Waals surface area (Å²) >= 11 is 2.02. The van der Waals surface area contributed by atoms with Crippen LogP contribution in [0.4, 0.5) is 0 Å². The number of hydrogen-bond donors (Lipinski definition) is 1. The molecule has 1 aromatic carbocycles. The van der Waals surface area contributed by atoms with Crippen molar-refractivity contribution in [1.29, 1.82) is 0 Å². The quantitative estimate of drug-likeness (QED) is 0.728. The third-order valence-electron chi connectivity index (χ3n) is 5.18. The first-order chi connectivity index (χ1) is 11.9. The summed E-state index contributed by atoms with van der Waals surface area (Å²) in [5.74, 6) is 1.23. The number of rotatable bonds is 4. The summed E-state index contributed by atoms with van der Waals surface area (Å²) in [5, 5.41) is 3.60. The Morgan fingerprint density at radius 1 is 1.07 bits per heavy atom. The number of benzene rings is 1. The summed E-state index contributed by atoms with van der Waals surface area (Å²) in [6.45, 7) is 3.35. The lowest BCUT2D eigenvalue weighted by Gasteiger charge is -2.43. The zero-order valence-electron chi connectivity index (χ0n) is 15.3. The standard InChI is InChI=1S/C20H25N3S.3ClH/c1-2-7-20-18(6-1)19(10-14-24-20)23-13-12-21-15-17(23)9-8-16-5-3-4-11-22-16;;;/h1-7,11,17,19,21H,8-10,12-15H2;3*1H. The number of thioether (sulfide) groups is 1. The van der Waals surface area contributed by atoms with Gasteiger partial charge < -0.3 is 5.32 Å². The predicted molar refractivity (Wildman–Crippen MR) is 122 cm³/mol. The highest BCUT2D eigenvalue weighted by molar-refractivity contribution is 7.99. The van der Waals surface area contributed by atoms with Gasteiger partial charge in [0.25, 0.3) is 0 Å². The van der Waals surface area contributed by atoms with Gasteiger partial charge in [0.05, 0.1) is 0 Å². The maximum absolute atomic E-state index is 4.49. The van der Waals surface area contributed by atoms with Crippen molar-refractivity contribution in [2.24, 2.45) is 0 Å². The van der Waals surface area contributed by atoms with Gasteiger partial charge in [0.15, 0.2) is 0 Å². The van der Waals surface area contributed by atoms with Crippen LogP contribution in [0.5, 0.6) is 0 Å². The Balaban J connectivity index is 0.00000121. The van der Waals surface area contributed by atoms with E-state index in [9.17, 15) is 0 Å². The molecule has 3 heterocycles. The number of nitrogens with one attached hydrogen (secondary N) is 1. The van der Waals surface area contributed by atoms with E-state index < -0.39 is 0 Å². The van der Waals surface area contributed by atoms with Crippen molar-refractivity contribution in [3.05, 3.63) is 59.9 Å². The molecule has 2 aliphatic rings. The topological polar surface area (TPSA) is 28.2 Å². The van der Waals surface area contributed by atoms with Crippen LogP contribution < -0.4 is 5.32 Å². The number of aryl methyl sites for hydroxylation is 1. The maximum atomic E-state index is 4.49. The molecule has 0 spiro atoms. The van der Waals surface area contributed by atoms with E-state index in [1.54, 1.807) is 5.56 Å². The van der Waals surface area contributed by atoms with Gasteiger partial charge in [0.1, 0.15) is 0 Å². The van der Waals surface area contributed by atoms with Crippen molar-refractivity contribution < 1.29 is 0 Å². The first-order valence-electron chi connectivity index (χ1n) is 9.00. The van der Waals surface area contributed by atoms with Crippen LogP contribution in [-0.4, -0.2) is 41.3 Å². The lowest BCUT2D eigenvalue weighted by atomic mass is 9.96. The molecule has 2 unspecified atom stereocenters. The highest BCUT2D eigenvalue weighted by Crippen LogP contribution is 2.40. The van der Waals surface area contributed by atoms with Crippen molar-refractivity contribution in [2.75, 3.05) is 25.4 Å². The number of pyridine rings is 1. The number of halogens is 3. The molecular weight excluding hydrogens is 421 g/mol. The smallest absolute Gasteiger partial charge is 0.0404 e. The summed E-state index contributed by atoms with van der Waals surface area (Å²) in [4.78, 5) is 8.74. The van der Waals surface area contributed by atoms with Crippen LogP contribution in [0.1, 0.15) is 30.1 Å². The summed E-state index contributed by atoms with van der Waals surface area (Å²) in [5.41, 5.74) is 2.75. The second-order valence-electron chi connectivity index (χ2n) is 6.65. The molecule has 0 amide bonds. The third-order valence-corrected chi connectivity index (χ3v) is 6.31. The van der Waals surface area contributed by atoms with Crippen molar-refractivity contribution in [3.8, 4) is 0 Å². The Kier molecular flexibility index (Phi) is 11.0. The molecule has 0 saturated carbocycles. The Labute approximate surface area is 185 Å². The van der Waals surface area contributed by atoms with Crippen LogP contribution in [0.3, 0.4) is 0 Å². The van der Waals surface area contributed by atoms with Gasteiger partial charge in [-0.2, -0.15) is 0 Å². The van der Waals surface area contributed by atoms with Gasteiger partial charge in [-0.25, -0.2) is 0 Å². The van der Waals surface area contributed by atoms with E-state index in [4.69, 9.17) is 0 Å². The number of piperazine rings is 1. The number of fused-ring (bicyclic) bond motifs is 1. The Morgan fingerprint density at radius 3 is 2.70 bits per heavy atom. The molecule has 2 aromatic rings. The summed E-state index contributed by atoms with van der Waals surface area (Å²) in [6.07, 6.45) is 5.41. The van der Waals surface area contributed by atoms with Gasteiger partial charge in [-0.05, 0) is 48.8 Å². The van der Waals surface area contributed by atoms with Crippen LogP contribution >= 0.6 is 49.0 Å². The average Bonchev–Trinajstić information content (AvgIpc) is 2.67. The van der Waals surface area contributed by atoms with E-state index in [-0.39, 0.29) is 37.2 Å². The van der Waals surface area contributed by atoms with E-state index in [0.717, 1.165) is 26.1 Å². The van der Waals surface area contributed by atoms with E-state index in [2.05, 4.69) is 51.6 Å². The first kappa shape index (κ1) is 24.5. The zero-order valence-corrected chi connectivity index (χ0v) is 18.5. The SMILES string of the molecule is Cl.Cl.Cl.c1ccc(CCC2CNCCN2C2CCSc3ccccc32)nc1. The molecule has 4 rings (SSSR count). The number of aromatic nitrogens is 1. The maximum Gasteiger partial charge on any atom is 0.0404 e. The van der Waals surface area contributed by atoms with E-state index in [1.807, 2.05) is 24.0 Å². The molecule has 7 heteroatoms. The van der Waals surface area contributed by atoms with Gasteiger partial charge in [-0.3, -0.25) is 9.88 Å². The van der Waals surface area contributed by atoms with E-state index in [0.29, 0.717) is 12.1 Å². The normalized spacial score (nSPS) is 21.8. The van der Waals surface area contributed by atoms with Crippen molar-refractivity contribution in [2.45, 2.75) is 36.2 Å². The largest absolute Gasteiger partial charge is 0.314 e. The molecule has 1 aromatic heterocycles. The molecule has 0 radical (unpaired) electrons. The van der Waals surface area contributed by atoms with Crippen LogP contribution in [0, 0.1) is 0 Å². The summed E-state index contributed by atoms with van der Waals surface area (Å²) in [6, 6.07) is 16.4. The molecule has 1 saturated heterocycles. The summed E-state index contributed by atoms with van der Waals surface area (Å²) < 4.78 is 0. The molecule has 0 aliphatic carbocycles. The van der Waals surface area contributed by atoms with Crippen molar-refractivity contribution in [3.63, 3.8) is 0 Å². The van der Waals surface area contributed by atoms with Gasteiger partial charge in [0, 0.05) is 48.5 Å². The zero-order chi connectivity index (χ0) is 16.2. The molecule has 1 N–H and O–H groups in total. The Morgan fingerprint density at radius 2 is 1.89 bits per heavy atom. The minimum absolute atomic E-state index is 0. The summed E-state index contributed by atoms with van der Waals surface area (Å²) in [7, 11) is 0. The molecule has 27 heavy (non-hydrogen) atoms. The average molecular weight is 449 g/mol. The second-order valence-corrected chi connectivity index (χ2v) is 7.78. The van der Waals surface area contributed by atoms with Crippen LogP contribution in [0.15, 0.2) is 53.6 Å². The van der Waals surface area contributed by atoms with Crippen LogP contribution in [-0.2, 0) is 6.42 Å². The Bertz CT molecular complexity index is 675. The fourth-order valence-electron chi connectivity index (χ4n) is 3.98. The molecule has 150 valence electrons. The molecule has 2 atom stereocenters. The number of nitrogens with zero attached hydrogens (tertiary/aromatic N) is 2. The Hall–Kier alpha value is -0.490. The molecule has 0 bridgehead atoms. The van der Waals surface area contributed by atoms with Crippen molar-refractivity contribution >= 4 is 49.0 Å². The molecule has 2 aliphatic heterocycles. The fraction of sp³-hybridized carbons (Fsp3) is 0.450. The highest BCUT2D eigenvalue weighted by atomic mass is 35.5. The minimum atomic E-state index is 0. The molecular formula is C20H28Cl3N3S. The monoisotopic (exact) mass is 447 g/mol. The van der Waals surface area contributed by atoms with E-state index >= 15 is 0 Å². The first-order valence-corrected chi connectivity index (χ1v) is 9.98. The van der Waals surface area contributed by atoms with Crippen molar-refractivity contribution in [1.82, 2.24) is 15.2 Å². The number of hydrogen-bond acceptors (Lipinski definition) is 4. The van der Waals surface area contributed by atoms with Gasteiger partial charge >= 0.3 is 0 Å². The van der Waals surface area contributed by atoms with Gasteiger partial charge in [-0.1, -0.05) is 24.3 Å². The van der Waals surface area contributed by atoms with Gasteiger partial charge in [-0.15, -0.1) is 49.0 Å². The highest BCUT2D eigenvalue weighted by Gasteiger charge is 2.32. The molecule has 3 nitrogen and oxygen atoms in total. The minimum Gasteiger partial charge on any atom is -0.314 e. The lowest BCUT2D eigenvalue weighted by Crippen LogP contribution is -2.53. The van der Waals surface area contributed by atoms with Gasteiger partial charge in [0.2, 0.25) is 0 Å².